The lowest BCUT2D eigenvalue weighted by Crippen LogP contribution is -2.14. The van der Waals surface area contributed by atoms with Gasteiger partial charge in [-0.3, -0.25) is 9.56 Å². The maximum atomic E-state index is 5.69. The zero-order chi connectivity index (χ0) is 29.2. The Balaban J connectivity index is 1.40. The van der Waals surface area contributed by atoms with Crippen LogP contribution >= 0.6 is 0 Å². The largest absolute Gasteiger partial charge is 0.294 e. The Morgan fingerprint density at radius 1 is 0.614 bits per heavy atom. The van der Waals surface area contributed by atoms with E-state index in [9.17, 15) is 0 Å². The van der Waals surface area contributed by atoms with Crippen molar-refractivity contribution >= 4 is 65.5 Å². The second kappa shape index (κ2) is 9.92. The molecule has 1 aliphatic heterocycles. The van der Waals surface area contributed by atoms with Crippen molar-refractivity contribution in [3.8, 4) is 0 Å². The zero-order valence-electron chi connectivity index (χ0n) is 24.7. The molecular formula is C42H32N2. The first kappa shape index (κ1) is 25.3. The number of hydrogen-bond acceptors (Lipinski definition) is 1. The molecule has 0 saturated heterocycles. The van der Waals surface area contributed by atoms with Gasteiger partial charge < -0.3 is 0 Å². The van der Waals surface area contributed by atoms with Crippen LogP contribution in [0, 0.1) is 5.92 Å². The van der Waals surface area contributed by atoms with Gasteiger partial charge in [0.05, 0.1) is 17.1 Å². The summed E-state index contributed by atoms with van der Waals surface area (Å²) in [6.45, 7) is 2.31. The van der Waals surface area contributed by atoms with Gasteiger partial charge >= 0.3 is 0 Å². The lowest BCUT2D eigenvalue weighted by molar-refractivity contribution is 0.431. The van der Waals surface area contributed by atoms with E-state index in [2.05, 4.69) is 151 Å². The molecule has 44 heavy (non-hydrogen) atoms. The van der Waals surface area contributed by atoms with Crippen LogP contribution in [0.25, 0.3) is 59.7 Å². The van der Waals surface area contributed by atoms with Crippen LogP contribution in [0.15, 0.2) is 145 Å². The lowest BCUT2D eigenvalue weighted by atomic mass is 9.85. The van der Waals surface area contributed by atoms with Gasteiger partial charge in [-0.05, 0) is 91.7 Å². The minimum Gasteiger partial charge on any atom is -0.294 e. The van der Waals surface area contributed by atoms with Crippen molar-refractivity contribution in [1.29, 1.82) is 0 Å². The summed E-state index contributed by atoms with van der Waals surface area (Å²) in [6.07, 6.45) is 4.42. The fraction of sp³-hybridized carbons (Fsp3) is 0.119. The topological polar surface area (TPSA) is 17.3 Å². The van der Waals surface area contributed by atoms with Crippen LogP contribution in [0.4, 0.5) is 0 Å². The monoisotopic (exact) mass is 564 g/mol. The first-order chi connectivity index (χ1) is 21.8. The summed E-state index contributed by atoms with van der Waals surface area (Å²) in [6, 6.07) is 49.0. The normalized spacial score (nSPS) is 17.5. The third kappa shape index (κ3) is 3.77. The number of benzene rings is 7. The van der Waals surface area contributed by atoms with Crippen LogP contribution < -0.4 is 0 Å². The number of nitrogens with zero attached hydrogens (tertiary/aromatic N) is 2. The predicted octanol–water partition coefficient (Wildman–Crippen LogP) is 11.2. The molecule has 7 aromatic carbocycles. The number of hydrogen-bond donors (Lipinski definition) is 0. The molecule has 210 valence electrons. The van der Waals surface area contributed by atoms with Crippen molar-refractivity contribution in [3.63, 3.8) is 0 Å². The molecule has 2 heteroatoms. The van der Waals surface area contributed by atoms with Gasteiger partial charge in [0.15, 0.2) is 0 Å². The molecule has 2 atom stereocenters. The Kier molecular flexibility index (Phi) is 5.71. The molecule has 2 unspecified atom stereocenters. The van der Waals surface area contributed by atoms with E-state index >= 15 is 0 Å². The number of fused-ring (bicyclic) bond motifs is 4. The minimum absolute atomic E-state index is 0.0696. The van der Waals surface area contributed by atoms with Gasteiger partial charge in [0.1, 0.15) is 5.84 Å². The molecule has 1 aliphatic rings. The van der Waals surface area contributed by atoms with Gasteiger partial charge in [0, 0.05) is 10.8 Å². The third-order valence-corrected chi connectivity index (χ3v) is 9.83. The van der Waals surface area contributed by atoms with Crippen molar-refractivity contribution in [2.24, 2.45) is 10.9 Å². The van der Waals surface area contributed by atoms with E-state index in [-0.39, 0.29) is 6.04 Å². The van der Waals surface area contributed by atoms with Crippen molar-refractivity contribution in [3.05, 3.63) is 151 Å². The first-order valence-corrected chi connectivity index (χ1v) is 15.8. The van der Waals surface area contributed by atoms with E-state index in [1.54, 1.807) is 0 Å². The molecule has 2 heterocycles. The van der Waals surface area contributed by atoms with Crippen molar-refractivity contribution in [1.82, 2.24) is 4.57 Å². The summed E-state index contributed by atoms with van der Waals surface area (Å²) in [5.41, 5.74) is 6.34. The summed E-state index contributed by atoms with van der Waals surface area (Å²) in [4.78, 5) is 5.69. The Labute approximate surface area is 256 Å². The van der Waals surface area contributed by atoms with Crippen LogP contribution in [0.1, 0.15) is 36.9 Å². The van der Waals surface area contributed by atoms with Gasteiger partial charge in [-0.2, -0.15) is 0 Å². The number of allylic oxidation sites excluding steroid dienone is 2. The first-order valence-electron chi connectivity index (χ1n) is 15.8. The maximum Gasteiger partial charge on any atom is 0.133 e. The van der Waals surface area contributed by atoms with Gasteiger partial charge in [0.25, 0.3) is 0 Å². The molecule has 0 spiro atoms. The second-order valence-electron chi connectivity index (χ2n) is 12.2. The second-order valence-corrected chi connectivity index (χ2v) is 12.2. The highest BCUT2D eigenvalue weighted by Gasteiger charge is 2.28. The Hall–Kier alpha value is -5.21. The highest BCUT2D eigenvalue weighted by atomic mass is 15.1. The Morgan fingerprint density at radius 3 is 1.77 bits per heavy atom. The molecule has 0 amide bonds. The summed E-state index contributed by atoms with van der Waals surface area (Å²) in [7, 11) is 0. The predicted molar refractivity (Wildman–Crippen MR) is 188 cm³/mol. The standard InChI is InChI=1S/C42H32N2/c1-2-27-23-32(28-13-5-3-6-14-28)26-39(43-42(27)29-15-7-4-8-16-29)44-37-21-11-19-33-35-24-30-17-9-10-18-31(30)25-36(35)34-20-12-22-38(44)41(34)40(33)37/h3-22,24-27,42H,2,23H2,1H3. The molecule has 8 aromatic rings. The van der Waals surface area contributed by atoms with Crippen molar-refractivity contribution < 1.29 is 0 Å². The van der Waals surface area contributed by atoms with E-state index in [0.29, 0.717) is 5.92 Å². The molecule has 9 rings (SSSR count). The average molecular weight is 565 g/mol. The van der Waals surface area contributed by atoms with E-state index in [1.165, 1.54) is 70.8 Å². The molecular weight excluding hydrogens is 532 g/mol. The summed E-state index contributed by atoms with van der Waals surface area (Å²) >= 11 is 0. The zero-order valence-corrected chi connectivity index (χ0v) is 24.7. The van der Waals surface area contributed by atoms with Crippen molar-refractivity contribution in [2.75, 3.05) is 0 Å². The van der Waals surface area contributed by atoms with Gasteiger partial charge in [-0.1, -0.05) is 123 Å². The molecule has 0 bridgehead atoms. The SMILES string of the molecule is CCC1CC(c2ccccc2)=CC(n2c3cccc4c5cc6ccccc6cc5c5cccc2c5c43)=NC1c1ccccc1. The van der Waals surface area contributed by atoms with E-state index in [4.69, 9.17) is 4.99 Å². The summed E-state index contributed by atoms with van der Waals surface area (Å²) < 4.78 is 2.44. The Morgan fingerprint density at radius 2 is 1.18 bits per heavy atom. The van der Waals surface area contributed by atoms with Crippen LogP contribution in [0.2, 0.25) is 0 Å². The molecule has 0 aliphatic carbocycles. The van der Waals surface area contributed by atoms with Crippen LogP contribution in [-0.4, -0.2) is 10.4 Å². The number of rotatable bonds is 3. The minimum atomic E-state index is 0.0696. The lowest BCUT2D eigenvalue weighted by Gasteiger charge is -2.23. The van der Waals surface area contributed by atoms with E-state index in [0.717, 1.165) is 18.7 Å². The number of aromatic nitrogens is 1. The summed E-state index contributed by atoms with van der Waals surface area (Å²) in [5.74, 6) is 1.41. The Bertz CT molecular complexity index is 2290. The smallest absolute Gasteiger partial charge is 0.133 e. The average Bonchev–Trinajstić information content (AvgIpc) is 3.30. The molecule has 0 saturated carbocycles. The van der Waals surface area contributed by atoms with Crippen molar-refractivity contribution in [2.45, 2.75) is 25.8 Å². The quantitative estimate of drug-likeness (QED) is 0.150. The van der Waals surface area contributed by atoms with Gasteiger partial charge in [0.2, 0.25) is 0 Å². The van der Waals surface area contributed by atoms with Gasteiger partial charge in [-0.25, -0.2) is 0 Å². The highest BCUT2D eigenvalue weighted by Crippen LogP contribution is 2.45. The fourth-order valence-corrected chi connectivity index (χ4v) is 7.72. The third-order valence-electron chi connectivity index (χ3n) is 9.83. The van der Waals surface area contributed by atoms with Crippen LogP contribution in [0.5, 0.6) is 0 Å². The highest BCUT2D eigenvalue weighted by molar-refractivity contribution is 6.36. The van der Waals surface area contributed by atoms with E-state index < -0.39 is 0 Å². The molecule has 1 aromatic heterocycles. The maximum absolute atomic E-state index is 5.69. The molecule has 0 N–H and O–H groups in total. The van der Waals surface area contributed by atoms with Crippen LogP contribution in [0.3, 0.4) is 0 Å². The van der Waals surface area contributed by atoms with Crippen LogP contribution in [-0.2, 0) is 0 Å². The van der Waals surface area contributed by atoms with Gasteiger partial charge in [-0.15, -0.1) is 0 Å². The molecule has 0 radical (unpaired) electrons. The fourth-order valence-electron chi connectivity index (χ4n) is 7.72. The summed E-state index contributed by atoms with van der Waals surface area (Å²) in [5, 5.41) is 10.4. The molecule has 2 nitrogen and oxygen atoms in total. The van der Waals surface area contributed by atoms with E-state index in [1.807, 2.05) is 0 Å². The molecule has 0 fully saturated rings. The number of aliphatic imine (C=N–C) groups is 1.